The van der Waals surface area contributed by atoms with Crippen LogP contribution >= 0.6 is 0 Å². The van der Waals surface area contributed by atoms with Gasteiger partial charge in [-0.25, -0.2) is 14.8 Å². The maximum absolute atomic E-state index is 14.8. The topological polar surface area (TPSA) is 123 Å². The number of carbonyl (C=O) groups is 3. The van der Waals surface area contributed by atoms with Gasteiger partial charge in [0, 0.05) is 57.4 Å². The summed E-state index contributed by atoms with van der Waals surface area (Å²) in [6, 6.07) is 10.0. The Balaban J connectivity index is 1.69. The minimum absolute atomic E-state index is 0.00778. The highest BCUT2D eigenvalue weighted by atomic mass is 16.6. The van der Waals surface area contributed by atoms with Gasteiger partial charge < -0.3 is 29.3 Å². The zero-order chi connectivity index (χ0) is 37.3. The van der Waals surface area contributed by atoms with Gasteiger partial charge in [-0.1, -0.05) is 65.0 Å². The second-order valence-corrected chi connectivity index (χ2v) is 16.6. The van der Waals surface area contributed by atoms with Crippen LogP contribution in [-0.2, 0) is 30.8 Å². The van der Waals surface area contributed by atoms with E-state index in [0.717, 1.165) is 12.0 Å². The van der Waals surface area contributed by atoms with Crippen molar-refractivity contribution >= 4 is 23.6 Å². The Kier molecular flexibility index (Phi) is 14.0. The zero-order valence-electron chi connectivity index (χ0n) is 32.4. The number of ether oxygens (including phenoxy) is 3. The average Bonchev–Trinajstić information content (AvgIpc) is 3.07. The van der Waals surface area contributed by atoms with Gasteiger partial charge in [0.15, 0.2) is 5.78 Å². The maximum Gasteiger partial charge on any atom is 0.410 e. The highest BCUT2D eigenvalue weighted by Crippen LogP contribution is 2.37. The molecule has 11 nitrogen and oxygen atoms in total. The lowest BCUT2D eigenvalue weighted by atomic mass is 9.74. The largest absolute Gasteiger partial charge is 0.444 e. The smallest absolute Gasteiger partial charge is 0.410 e. The second kappa shape index (κ2) is 17.8. The van der Waals surface area contributed by atoms with Gasteiger partial charge in [0.1, 0.15) is 17.2 Å². The highest BCUT2D eigenvalue weighted by molar-refractivity contribution is 6.02. The van der Waals surface area contributed by atoms with Crippen LogP contribution in [0.25, 0.3) is 0 Å². The number of nitrogens with zero attached hydrogens (tertiary/aromatic N) is 4. The molecule has 0 bridgehead atoms. The van der Waals surface area contributed by atoms with Gasteiger partial charge in [-0.2, -0.15) is 0 Å². The third-order valence-corrected chi connectivity index (χ3v) is 9.48. The van der Waals surface area contributed by atoms with E-state index >= 15 is 0 Å². The Morgan fingerprint density at radius 2 is 1.78 bits per heavy atom. The lowest BCUT2D eigenvalue weighted by Crippen LogP contribution is -2.56. The molecule has 2 aliphatic heterocycles. The van der Waals surface area contributed by atoms with Crippen molar-refractivity contribution in [2.45, 2.75) is 98.1 Å². The highest BCUT2D eigenvalue weighted by Gasteiger charge is 2.44. The number of hydrogen-bond donors (Lipinski definition) is 1. The summed E-state index contributed by atoms with van der Waals surface area (Å²) in [5, 5.41) is 3.39. The van der Waals surface area contributed by atoms with Crippen molar-refractivity contribution in [3.8, 4) is 0 Å². The number of Topliss-reactive ketones (excluding diaryl/α,β-unsaturated/α-hetero) is 1. The number of benzene rings is 1. The SMILES string of the molecule is COCCCNc1nc(C(C)(C)C)ncc1C(=O)C(CC(C)C)C1CC(C(=O)N2CCOCC2Cc2ccccc2)CN(C(=O)OC(C)(C)C)C1. The van der Waals surface area contributed by atoms with E-state index in [0.29, 0.717) is 75.9 Å². The number of nitrogens with one attached hydrogen (secondary N) is 1. The molecule has 2 amide bonds. The molecular weight excluding hydrogens is 646 g/mol. The summed E-state index contributed by atoms with van der Waals surface area (Å²) in [5.41, 5.74) is 0.540. The Morgan fingerprint density at radius 3 is 2.43 bits per heavy atom. The van der Waals surface area contributed by atoms with Crippen LogP contribution in [0.1, 0.15) is 96.4 Å². The van der Waals surface area contributed by atoms with Crippen LogP contribution in [0.15, 0.2) is 36.5 Å². The van der Waals surface area contributed by atoms with E-state index in [4.69, 9.17) is 19.2 Å². The number of anilines is 1. The summed E-state index contributed by atoms with van der Waals surface area (Å²) in [6.45, 7) is 19.0. The molecule has 3 heterocycles. The second-order valence-electron chi connectivity index (χ2n) is 16.6. The third kappa shape index (κ3) is 11.5. The fraction of sp³-hybridized carbons (Fsp3) is 0.675. The zero-order valence-corrected chi connectivity index (χ0v) is 32.4. The predicted octanol–water partition coefficient (Wildman–Crippen LogP) is 6.41. The summed E-state index contributed by atoms with van der Waals surface area (Å²) in [6.07, 6.45) is 3.68. The summed E-state index contributed by atoms with van der Waals surface area (Å²) in [7, 11) is 1.67. The minimum atomic E-state index is -0.711. The van der Waals surface area contributed by atoms with Gasteiger partial charge in [-0.05, 0) is 63.9 Å². The van der Waals surface area contributed by atoms with Crippen molar-refractivity contribution in [3.63, 3.8) is 0 Å². The van der Waals surface area contributed by atoms with Crippen molar-refractivity contribution in [3.05, 3.63) is 53.5 Å². The molecular formula is C40H61N5O6. The Morgan fingerprint density at radius 1 is 1.06 bits per heavy atom. The van der Waals surface area contributed by atoms with Crippen molar-refractivity contribution < 1.29 is 28.6 Å². The quantitative estimate of drug-likeness (QED) is 0.186. The fourth-order valence-electron chi connectivity index (χ4n) is 7.02. The molecule has 2 aromatic rings. The molecule has 2 saturated heterocycles. The normalized spacial score (nSPS) is 20.6. The van der Waals surface area contributed by atoms with E-state index in [1.807, 2.05) is 64.6 Å². The van der Waals surface area contributed by atoms with Crippen molar-refractivity contribution in [2.75, 3.05) is 58.4 Å². The third-order valence-electron chi connectivity index (χ3n) is 9.48. The van der Waals surface area contributed by atoms with E-state index in [-0.39, 0.29) is 41.5 Å². The molecule has 1 N–H and O–H groups in total. The summed E-state index contributed by atoms with van der Waals surface area (Å²) in [5.74, 6) is -0.00138. The minimum Gasteiger partial charge on any atom is -0.444 e. The number of morpholine rings is 1. The van der Waals surface area contributed by atoms with Gasteiger partial charge >= 0.3 is 6.09 Å². The van der Waals surface area contributed by atoms with Gasteiger partial charge in [0.2, 0.25) is 5.91 Å². The van der Waals surface area contributed by atoms with Crippen LogP contribution in [0.3, 0.4) is 0 Å². The molecule has 0 spiro atoms. The number of hydrogen-bond acceptors (Lipinski definition) is 9. The van der Waals surface area contributed by atoms with Crippen LogP contribution in [0.5, 0.6) is 0 Å². The van der Waals surface area contributed by atoms with E-state index in [2.05, 4.69) is 36.3 Å². The van der Waals surface area contributed by atoms with E-state index in [1.54, 1.807) is 18.2 Å². The first-order valence-electron chi connectivity index (χ1n) is 18.6. The monoisotopic (exact) mass is 707 g/mol. The number of methoxy groups -OCH3 is 1. The van der Waals surface area contributed by atoms with Gasteiger partial charge in [-0.15, -0.1) is 0 Å². The standard InChI is InChI=1S/C40H61N5O6/c1-27(2)20-32(34(46)33-23-42-37(39(3,4)5)43-35(33)41-16-13-18-49-9)29-22-30(25-44(24-29)38(48)51-40(6,7)8)36(47)45-17-19-50-26-31(45)21-28-14-11-10-12-15-28/h10-12,14-15,23,27,29-32H,13,16-22,24-26H2,1-9H3,(H,41,42,43). The van der Waals surface area contributed by atoms with Crippen LogP contribution < -0.4 is 5.32 Å². The van der Waals surface area contributed by atoms with E-state index in [1.165, 1.54) is 0 Å². The molecule has 2 fully saturated rings. The lowest BCUT2D eigenvalue weighted by Gasteiger charge is -2.44. The molecule has 282 valence electrons. The van der Waals surface area contributed by atoms with Crippen LogP contribution in [-0.4, -0.2) is 102 Å². The van der Waals surface area contributed by atoms with Gasteiger partial charge in [0.25, 0.3) is 0 Å². The first-order chi connectivity index (χ1) is 24.1. The number of amides is 2. The molecule has 51 heavy (non-hydrogen) atoms. The molecule has 0 radical (unpaired) electrons. The summed E-state index contributed by atoms with van der Waals surface area (Å²) in [4.78, 5) is 56.2. The maximum atomic E-state index is 14.8. The molecule has 1 aromatic heterocycles. The fourth-order valence-corrected chi connectivity index (χ4v) is 7.02. The average molecular weight is 708 g/mol. The van der Waals surface area contributed by atoms with Gasteiger partial charge in [0.05, 0.1) is 30.7 Å². The number of piperidine rings is 1. The lowest BCUT2D eigenvalue weighted by molar-refractivity contribution is -0.147. The van der Waals surface area contributed by atoms with Crippen molar-refractivity contribution in [1.29, 1.82) is 0 Å². The molecule has 4 unspecified atom stereocenters. The molecule has 11 heteroatoms. The van der Waals surface area contributed by atoms with Crippen LogP contribution in [0.4, 0.5) is 10.6 Å². The summed E-state index contributed by atoms with van der Waals surface area (Å²) < 4.78 is 16.9. The number of carbonyl (C=O) groups excluding carboxylic acids is 3. The first-order valence-corrected chi connectivity index (χ1v) is 18.6. The number of aromatic nitrogens is 2. The van der Waals surface area contributed by atoms with Crippen molar-refractivity contribution in [2.24, 2.45) is 23.7 Å². The number of ketones is 1. The van der Waals surface area contributed by atoms with Crippen molar-refractivity contribution in [1.82, 2.24) is 19.8 Å². The van der Waals surface area contributed by atoms with E-state index < -0.39 is 23.5 Å². The number of likely N-dealkylation sites (tertiary alicyclic amines) is 1. The Hall–Kier alpha value is -3.57. The molecule has 4 rings (SSSR count). The molecule has 1 aromatic carbocycles. The van der Waals surface area contributed by atoms with Crippen LogP contribution in [0, 0.1) is 23.7 Å². The van der Waals surface area contributed by atoms with Crippen LogP contribution in [0.2, 0.25) is 0 Å². The molecule has 0 saturated carbocycles. The molecule has 4 atom stereocenters. The Bertz CT molecular complexity index is 1450. The van der Waals surface area contributed by atoms with Gasteiger partial charge in [-0.3, -0.25) is 9.59 Å². The molecule has 2 aliphatic rings. The predicted molar refractivity (Wildman–Crippen MR) is 199 cm³/mol. The first kappa shape index (κ1) is 40.2. The number of rotatable bonds is 13. The molecule has 0 aliphatic carbocycles. The van der Waals surface area contributed by atoms with E-state index in [9.17, 15) is 14.4 Å². The Labute approximate surface area is 305 Å². The summed E-state index contributed by atoms with van der Waals surface area (Å²) >= 11 is 0.